The van der Waals surface area contributed by atoms with Crippen LogP contribution in [0.15, 0.2) is 18.6 Å². The molecule has 0 saturated carbocycles. The van der Waals surface area contributed by atoms with Gasteiger partial charge in [0.1, 0.15) is 6.61 Å². The lowest BCUT2D eigenvalue weighted by Gasteiger charge is -2.22. The number of ether oxygens (including phenoxy) is 3. The molecule has 1 unspecified atom stereocenters. The molecule has 1 aromatic heterocycles. The van der Waals surface area contributed by atoms with E-state index in [2.05, 4.69) is 9.97 Å². The molecule has 1 aliphatic heterocycles. The van der Waals surface area contributed by atoms with Crippen molar-refractivity contribution in [1.82, 2.24) is 9.97 Å². The number of rotatable bonds is 5. The van der Waals surface area contributed by atoms with Crippen LogP contribution in [0.2, 0.25) is 0 Å². The first-order valence-corrected chi connectivity index (χ1v) is 5.57. The van der Waals surface area contributed by atoms with E-state index in [-0.39, 0.29) is 6.29 Å². The Bertz CT molecular complexity index is 289. The molecule has 0 spiro atoms. The first kappa shape index (κ1) is 11.3. The summed E-state index contributed by atoms with van der Waals surface area (Å²) in [5, 5.41) is 0. The molecule has 1 aromatic rings. The van der Waals surface area contributed by atoms with Gasteiger partial charge in [-0.1, -0.05) is 0 Å². The minimum Gasteiger partial charge on any atom is -0.474 e. The molecular weight excluding hydrogens is 208 g/mol. The third-order valence-electron chi connectivity index (χ3n) is 2.31. The van der Waals surface area contributed by atoms with Gasteiger partial charge in [-0.3, -0.25) is 4.98 Å². The van der Waals surface area contributed by atoms with E-state index >= 15 is 0 Å². The third kappa shape index (κ3) is 3.75. The Morgan fingerprint density at radius 2 is 2.31 bits per heavy atom. The Hall–Kier alpha value is -1.20. The fourth-order valence-electron chi connectivity index (χ4n) is 1.53. The number of aromatic nitrogens is 2. The lowest BCUT2D eigenvalue weighted by Crippen LogP contribution is -2.24. The van der Waals surface area contributed by atoms with Gasteiger partial charge in [-0.2, -0.15) is 0 Å². The van der Waals surface area contributed by atoms with Gasteiger partial charge in [0.15, 0.2) is 6.29 Å². The molecule has 5 heteroatoms. The summed E-state index contributed by atoms with van der Waals surface area (Å²) in [7, 11) is 0. The van der Waals surface area contributed by atoms with E-state index in [0.717, 1.165) is 19.4 Å². The van der Waals surface area contributed by atoms with E-state index in [0.29, 0.717) is 19.1 Å². The van der Waals surface area contributed by atoms with Gasteiger partial charge in [0.05, 0.1) is 12.8 Å². The van der Waals surface area contributed by atoms with Crippen LogP contribution < -0.4 is 4.74 Å². The van der Waals surface area contributed by atoms with Gasteiger partial charge in [-0.25, -0.2) is 4.98 Å². The fourth-order valence-corrected chi connectivity index (χ4v) is 1.53. The van der Waals surface area contributed by atoms with Crippen LogP contribution in [0.5, 0.6) is 5.88 Å². The second kappa shape index (κ2) is 6.40. The molecule has 1 aliphatic rings. The van der Waals surface area contributed by atoms with Crippen LogP contribution >= 0.6 is 0 Å². The van der Waals surface area contributed by atoms with Crippen molar-refractivity contribution in [2.24, 2.45) is 0 Å². The largest absolute Gasteiger partial charge is 0.474 e. The average Bonchev–Trinajstić information content (AvgIpc) is 2.37. The van der Waals surface area contributed by atoms with Crippen LogP contribution in [0.3, 0.4) is 0 Å². The van der Waals surface area contributed by atoms with E-state index in [1.165, 1.54) is 6.42 Å². The maximum atomic E-state index is 5.51. The Balaban J connectivity index is 1.58. The van der Waals surface area contributed by atoms with Crippen LogP contribution in [-0.4, -0.2) is 36.1 Å². The van der Waals surface area contributed by atoms with Gasteiger partial charge < -0.3 is 14.2 Å². The summed E-state index contributed by atoms with van der Waals surface area (Å²) in [5.74, 6) is 0.524. The molecule has 0 radical (unpaired) electrons. The smallest absolute Gasteiger partial charge is 0.232 e. The van der Waals surface area contributed by atoms with Gasteiger partial charge in [-0.05, 0) is 19.3 Å². The van der Waals surface area contributed by atoms with Gasteiger partial charge >= 0.3 is 0 Å². The highest BCUT2D eigenvalue weighted by atomic mass is 16.7. The number of hydrogen-bond acceptors (Lipinski definition) is 5. The maximum Gasteiger partial charge on any atom is 0.232 e. The van der Waals surface area contributed by atoms with Crippen molar-refractivity contribution in [3.8, 4) is 5.88 Å². The maximum absolute atomic E-state index is 5.51. The molecule has 0 aromatic carbocycles. The van der Waals surface area contributed by atoms with Crippen LogP contribution in [0.1, 0.15) is 19.3 Å². The SMILES string of the molecule is c1cnc(OCCOC2CCCCO2)cn1. The number of hydrogen-bond donors (Lipinski definition) is 0. The van der Waals surface area contributed by atoms with Gasteiger partial charge in [0.2, 0.25) is 5.88 Å². The number of nitrogens with zero attached hydrogens (tertiary/aromatic N) is 2. The zero-order valence-corrected chi connectivity index (χ0v) is 9.17. The predicted octanol–water partition coefficient (Wildman–Crippen LogP) is 1.40. The quantitative estimate of drug-likeness (QED) is 0.707. The molecular formula is C11H16N2O3. The zero-order valence-electron chi connectivity index (χ0n) is 9.17. The third-order valence-corrected chi connectivity index (χ3v) is 2.31. The summed E-state index contributed by atoms with van der Waals surface area (Å²) in [4.78, 5) is 7.89. The molecule has 2 heterocycles. The average molecular weight is 224 g/mol. The van der Waals surface area contributed by atoms with Crippen molar-refractivity contribution >= 4 is 0 Å². The fraction of sp³-hybridized carbons (Fsp3) is 0.636. The van der Waals surface area contributed by atoms with Crippen molar-refractivity contribution in [2.75, 3.05) is 19.8 Å². The summed E-state index contributed by atoms with van der Waals surface area (Å²) >= 11 is 0. The molecule has 5 nitrogen and oxygen atoms in total. The summed E-state index contributed by atoms with van der Waals surface area (Å²) in [6.07, 6.45) is 8.02. The van der Waals surface area contributed by atoms with Gasteiger partial charge in [0.25, 0.3) is 0 Å². The highest BCUT2D eigenvalue weighted by Crippen LogP contribution is 2.13. The first-order chi connectivity index (χ1) is 7.95. The highest BCUT2D eigenvalue weighted by Gasteiger charge is 2.13. The predicted molar refractivity (Wildman–Crippen MR) is 57.1 cm³/mol. The van der Waals surface area contributed by atoms with Crippen LogP contribution in [0.25, 0.3) is 0 Å². The van der Waals surface area contributed by atoms with Crippen LogP contribution in [-0.2, 0) is 9.47 Å². The molecule has 0 bridgehead atoms. The molecule has 2 rings (SSSR count). The van der Waals surface area contributed by atoms with E-state index in [1.54, 1.807) is 18.6 Å². The van der Waals surface area contributed by atoms with Crippen LogP contribution in [0, 0.1) is 0 Å². The second-order valence-electron chi connectivity index (χ2n) is 3.56. The topological polar surface area (TPSA) is 53.5 Å². The van der Waals surface area contributed by atoms with Crippen molar-refractivity contribution in [3.05, 3.63) is 18.6 Å². The normalized spacial score (nSPS) is 20.6. The van der Waals surface area contributed by atoms with Crippen LogP contribution in [0.4, 0.5) is 0 Å². The summed E-state index contributed by atoms with van der Waals surface area (Å²) in [6, 6.07) is 0. The molecule has 0 N–H and O–H groups in total. The Morgan fingerprint density at radius 1 is 1.31 bits per heavy atom. The van der Waals surface area contributed by atoms with Gasteiger partial charge in [0, 0.05) is 19.0 Å². The minimum absolute atomic E-state index is 0.0563. The summed E-state index contributed by atoms with van der Waals surface area (Å²) in [6.45, 7) is 1.79. The summed E-state index contributed by atoms with van der Waals surface area (Å²) in [5.41, 5.74) is 0. The zero-order chi connectivity index (χ0) is 11.1. The lowest BCUT2D eigenvalue weighted by atomic mass is 10.2. The second-order valence-corrected chi connectivity index (χ2v) is 3.56. The molecule has 1 fully saturated rings. The highest BCUT2D eigenvalue weighted by molar-refractivity contribution is 5.00. The van der Waals surface area contributed by atoms with Crippen molar-refractivity contribution in [3.63, 3.8) is 0 Å². The molecule has 16 heavy (non-hydrogen) atoms. The van der Waals surface area contributed by atoms with E-state index < -0.39 is 0 Å². The Kier molecular flexibility index (Phi) is 4.51. The first-order valence-electron chi connectivity index (χ1n) is 5.57. The molecule has 0 amide bonds. The minimum atomic E-state index is -0.0563. The van der Waals surface area contributed by atoms with Crippen molar-refractivity contribution in [2.45, 2.75) is 25.6 Å². The lowest BCUT2D eigenvalue weighted by molar-refractivity contribution is -0.165. The Labute approximate surface area is 94.8 Å². The van der Waals surface area contributed by atoms with E-state index in [9.17, 15) is 0 Å². The van der Waals surface area contributed by atoms with Crippen molar-refractivity contribution in [1.29, 1.82) is 0 Å². The van der Waals surface area contributed by atoms with Gasteiger partial charge in [-0.15, -0.1) is 0 Å². The van der Waals surface area contributed by atoms with E-state index in [4.69, 9.17) is 14.2 Å². The molecule has 88 valence electrons. The molecule has 1 saturated heterocycles. The standard InChI is InChI=1S/C11H16N2O3/c1-2-6-15-11(3-1)16-8-7-14-10-9-12-4-5-13-10/h4-5,9,11H,1-3,6-8H2. The van der Waals surface area contributed by atoms with Crippen molar-refractivity contribution < 1.29 is 14.2 Å². The monoisotopic (exact) mass is 224 g/mol. The molecule has 1 atom stereocenters. The molecule has 0 aliphatic carbocycles. The Morgan fingerprint density at radius 3 is 3.06 bits per heavy atom. The van der Waals surface area contributed by atoms with E-state index in [1.807, 2.05) is 0 Å². The summed E-state index contributed by atoms with van der Waals surface area (Å²) < 4.78 is 16.3.